The van der Waals surface area contributed by atoms with Crippen LogP contribution in [0.3, 0.4) is 0 Å². The first kappa shape index (κ1) is 35.5. The molecular weight excluding hydrogens is 689 g/mol. The maximum atomic E-state index is 2.43. The van der Waals surface area contributed by atoms with Gasteiger partial charge in [-0.25, -0.2) is 0 Å². The normalized spacial score (nSPS) is 13.7. The fourth-order valence-corrected chi connectivity index (χ4v) is 7.87. The third kappa shape index (κ3) is 7.72. The summed E-state index contributed by atoms with van der Waals surface area (Å²) in [6.07, 6.45) is 5.75. The van der Waals surface area contributed by atoms with Gasteiger partial charge in [0.2, 0.25) is 0 Å². The first-order valence-electron chi connectivity index (χ1n) is 19.8. The Morgan fingerprint density at radius 1 is 0.333 bits per heavy atom. The number of anilines is 5. The molecule has 1 aliphatic rings. The van der Waals surface area contributed by atoms with Gasteiger partial charge in [0, 0.05) is 40.1 Å². The molecule has 2 heteroatoms. The van der Waals surface area contributed by atoms with Gasteiger partial charge in [-0.2, -0.15) is 0 Å². The highest BCUT2D eigenvalue weighted by atomic mass is 15.2. The van der Waals surface area contributed by atoms with Crippen molar-refractivity contribution in [1.82, 2.24) is 0 Å². The summed E-state index contributed by atoms with van der Waals surface area (Å²) >= 11 is 0. The molecule has 0 fully saturated rings. The predicted octanol–water partition coefficient (Wildman–Crippen LogP) is 15.3. The maximum absolute atomic E-state index is 2.43. The van der Waals surface area contributed by atoms with E-state index in [0.717, 1.165) is 29.2 Å². The molecule has 9 rings (SSSR count). The average molecular weight is 733 g/mol. The second kappa shape index (κ2) is 16.3. The highest BCUT2D eigenvalue weighted by Crippen LogP contribution is 2.40. The molecule has 0 aliphatic heterocycles. The van der Waals surface area contributed by atoms with E-state index in [1.54, 1.807) is 0 Å². The highest BCUT2D eigenvalue weighted by Gasteiger charge is 2.23. The zero-order valence-corrected chi connectivity index (χ0v) is 32.1. The minimum Gasteiger partial charge on any atom is -0.314 e. The van der Waals surface area contributed by atoms with Crippen molar-refractivity contribution >= 4 is 34.0 Å². The summed E-state index contributed by atoms with van der Waals surface area (Å²) < 4.78 is 0. The molecule has 0 saturated carbocycles. The standard InChI is InChI=1S/C55H44N2/c1-41-25-26-49(43-17-8-3-9-18-43)40-55(41)57(51-22-12-5-13-23-51)53-37-33-47(34-38-53)45-29-27-44(28-30-45)46-31-35-52(36-32-46)56(50-20-10-4-11-21-50)54-24-14-19-48(39-54)42-15-6-2-7-16-42/h2-24,26-41H,25H2,1H3. The molecule has 57 heavy (non-hydrogen) atoms. The monoisotopic (exact) mass is 732 g/mol. The quantitative estimate of drug-likeness (QED) is 0.138. The van der Waals surface area contributed by atoms with Crippen molar-refractivity contribution in [3.05, 3.63) is 242 Å². The number of rotatable bonds is 10. The van der Waals surface area contributed by atoms with Crippen LogP contribution in [0.25, 0.3) is 39.0 Å². The van der Waals surface area contributed by atoms with Crippen LogP contribution in [0.4, 0.5) is 28.4 Å². The van der Waals surface area contributed by atoms with E-state index >= 15 is 0 Å². The third-order valence-electron chi connectivity index (χ3n) is 10.9. The molecule has 0 amide bonds. The highest BCUT2D eigenvalue weighted by molar-refractivity contribution is 5.83. The molecule has 0 heterocycles. The van der Waals surface area contributed by atoms with Crippen LogP contribution in [-0.2, 0) is 0 Å². The Hall–Kier alpha value is -7.16. The average Bonchev–Trinajstić information content (AvgIpc) is 3.29. The lowest BCUT2D eigenvalue weighted by Gasteiger charge is -2.33. The maximum Gasteiger partial charge on any atom is 0.0467 e. The second-order valence-corrected chi connectivity index (χ2v) is 14.7. The zero-order valence-electron chi connectivity index (χ0n) is 32.1. The van der Waals surface area contributed by atoms with E-state index in [4.69, 9.17) is 0 Å². The fraction of sp³-hybridized carbons (Fsp3) is 0.0545. The molecule has 8 aromatic carbocycles. The lowest BCUT2D eigenvalue weighted by molar-refractivity contribution is 0.672. The van der Waals surface area contributed by atoms with Gasteiger partial charge in [-0.15, -0.1) is 0 Å². The molecule has 2 nitrogen and oxygen atoms in total. The first-order valence-corrected chi connectivity index (χ1v) is 19.8. The topological polar surface area (TPSA) is 6.48 Å². The third-order valence-corrected chi connectivity index (χ3v) is 10.9. The molecule has 0 N–H and O–H groups in total. The lowest BCUT2D eigenvalue weighted by atomic mass is 9.90. The lowest BCUT2D eigenvalue weighted by Crippen LogP contribution is -2.23. The number of allylic oxidation sites excluding steroid dienone is 4. The Balaban J connectivity index is 0.970. The van der Waals surface area contributed by atoms with Gasteiger partial charge in [0.15, 0.2) is 0 Å². The van der Waals surface area contributed by atoms with E-state index in [0.29, 0.717) is 5.92 Å². The molecule has 1 aliphatic carbocycles. The minimum atomic E-state index is 0.381. The summed E-state index contributed by atoms with van der Waals surface area (Å²) in [6.45, 7) is 2.33. The van der Waals surface area contributed by atoms with Crippen LogP contribution < -0.4 is 9.80 Å². The van der Waals surface area contributed by atoms with Gasteiger partial charge >= 0.3 is 0 Å². The van der Waals surface area contributed by atoms with E-state index in [-0.39, 0.29) is 0 Å². The van der Waals surface area contributed by atoms with Gasteiger partial charge in [-0.05, 0) is 118 Å². The van der Waals surface area contributed by atoms with Crippen molar-refractivity contribution in [2.75, 3.05) is 9.80 Å². The van der Waals surface area contributed by atoms with Gasteiger partial charge in [0.1, 0.15) is 0 Å². The molecule has 274 valence electrons. The van der Waals surface area contributed by atoms with Crippen LogP contribution in [0.1, 0.15) is 18.9 Å². The molecule has 8 aromatic rings. The van der Waals surface area contributed by atoms with Gasteiger partial charge in [0.25, 0.3) is 0 Å². The van der Waals surface area contributed by atoms with Gasteiger partial charge in [0.05, 0.1) is 0 Å². The Morgan fingerprint density at radius 3 is 1.23 bits per heavy atom. The first-order chi connectivity index (χ1) is 28.2. The predicted molar refractivity (Wildman–Crippen MR) is 242 cm³/mol. The molecule has 1 atom stereocenters. The van der Waals surface area contributed by atoms with Gasteiger partial charge < -0.3 is 9.80 Å². The van der Waals surface area contributed by atoms with Crippen molar-refractivity contribution in [1.29, 1.82) is 0 Å². The van der Waals surface area contributed by atoms with Crippen molar-refractivity contribution < 1.29 is 0 Å². The SMILES string of the molecule is CC1CC=C(c2ccccc2)C=C1N(c1ccccc1)c1ccc(-c2ccc(-c3ccc(N(c4ccccc4)c4cccc(-c5ccccc5)c4)cc3)cc2)cc1. The number of nitrogens with zero attached hydrogens (tertiary/aromatic N) is 2. The van der Waals surface area contributed by atoms with Crippen LogP contribution >= 0.6 is 0 Å². The minimum absolute atomic E-state index is 0.381. The summed E-state index contributed by atoms with van der Waals surface area (Å²) in [5.41, 5.74) is 16.7. The van der Waals surface area contributed by atoms with E-state index in [9.17, 15) is 0 Å². The van der Waals surface area contributed by atoms with Crippen LogP contribution in [0.2, 0.25) is 0 Å². The van der Waals surface area contributed by atoms with Crippen LogP contribution in [0, 0.1) is 5.92 Å². The van der Waals surface area contributed by atoms with Crippen LogP contribution in [-0.4, -0.2) is 0 Å². The van der Waals surface area contributed by atoms with Gasteiger partial charge in [-0.1, -0.05) is 171 Å². The summed E-state index contributed by atoms with van der Waals surface area (Å²) in [5, 5.41) is 0. The summed E-state index contributed by atoms with van der Waals surface area (Å²) in [5.74, 6) is 0.381. The Kier molecular flexibility index (Phi) is 10.2. The molecule has 0 bridgehead atoms. The Labute approximate surface area is 337 Å². The molecule has 0 saturated heterocycles. The molecular formula is C55H44N2. The second-order valence-electron chi connectivity index (χ2n) is 14.7. The van der Waals surface area contributed by atoms with Crippen molar-refractivity contribution in [2.45, 2.75) is 13.3 Å². The van der Waals surface area contributed by atoms with E-state index < -0.39 is 0 Å². The number of benzene rings is 8. The smallest absolute Gasteiger partial charge is 0.0467 e. The molecule has 0 radical (unpaired) electrons. The van der Waals surface area contributed by atoms with E-state index in [1.807, 2.05) is 0 Å². The summed E-state index contributed by atoms with van der Waals surface area (Å²) in [4.78, 5) is 4.75. The molecule has 0 aromatic heterocycles. The summed E-state index contributed by atoms with van der Waals surface area (Å²) in [7, 11) is 0. The largest absolute Gasteiger partial charge is 0.314 e. The zero-order chi connectivity index (χ0) is 38.4. The molecule has 1 unspecified atom stereocenters. The Bertz CT molecular complexity index is 2610. The summed E-state index contributed by atoms with van der Waals surface area (Å²) in [6, 6.07) is 78.3. The number of para-hydroxylation sites is 2. The van der Waals surface area contributed by atoms with E-state index in [2.05, 4.69) is 247 Å². The van der Waals surface area contributed by atoms with Gasteiger partial charge in [-0.3, -0.25) is 0 Å². The van der Waals surface area contributed by atoms with E-state index in [1.165, 1.54) is 55.9 Å². The Morgan fingerprint density at radius 2 is 0.702 bits per heavy atom. The van der Waals surface area contributed by atoms with Crippen molar-refractivity contribution in [3.8, 4) is 33.4 Å². The van der Waals surface area contributed by atoms with Crippen molar-refractivity contribution in [2.24, 2.45) is 5.92 Å². The number of hydrogen-bond donors (Lipinski definition) is 0. The van der Waals surface area contributed by atoms with Crippen LogP contribution in [0.15, 0.2) is 236 Å². The molecule has 0 spiro atoms. The van der Waals surface area contributed by atoms with Crippen molar-refractivity contribution in [3.63, 3.8) is 0 Å². The fourth-order valence-electron chi connectivity index (χ4n) is 7.87. The number of hydrogen-bond acceptors (Lipinski definition) is 2. The van der Waals surface area contributed by atoms with Crippen LogP contribution in [0.5, 0.6) is 0 Å².